The maximum atomic E-state index is 10.9. The van der Waals surface area contributed by atoms with Crippen molar-refractivity contribution >= 4 is 12.0 Å². The van der Waals surface area contributed by atoms with Crippen LogP contribution in [0.15, 0.2) is 0 Å². The molecule has 1 aliphatic rings. The van der Waals surface area contributed by atoms with E-state index in [1.807, 2.05) is 6.92 Å². The molecule has 0 unspecified atom stereocenters. The first kappa shape index (κ1) is 10.8. The SMILES string of the molecule is C[C@H]1NC(=O)N[C@@H]1CCCCC(=O)O. The zero-order valence-electron chi connectivity index (χ0n) is 8.25. The van der Waals surface area contributed by atoms with E-state index in [9.17, 15) is 9.59 Å². The summed E-state index contributed by atoms with van der Waals surface area (Å²) in [4.78, 5) is 21.1. The number of rotatable bonds is 5. The number of carbonyl (C=O) groups excluding carboxylic acids is 1. The summed E-state index contributed by atoms with van der Waals surface area (Å²) >= 11 is 0. The van der Waals surface area contributed by atoms with Gasteiger partial charge >= 0.3 is 12.0 Å². The van der Waals surface area contributed by atoms with E-state index in [-0.39, 0.29) is 24.5 Å². The van der Waals surface area contributed by atoms with Gasteiger partial charge in [0.1, 0.15) is 0 Å². The Labute approximate surface area is 82.9 Å². The molecule has 5 heteroatoms. The number of carboxylic acids is 1. The van der Waals surface area contributed by atoms with Crippen LogP contribution < -0.4 is 10.6 Å². The highest BCUT2D eigenvalue weighted by atomic mass is 16.4. The van der Waals surface area contributed by atoms with Gasteiger partial charge in [-0.1, -0.05) is 6.42 Å². The third-order valence-electron chi connectivity index (χ3n) is 2.43. The van der Waals surface area contributed by atoms with Crippen molar-refractivity contribution < 1.29 is 14.7 Å². The third kappa shape index (κ3) is 3.24. The fourth-order valence-corrected chi connectivity index (χ4v) is 1.61. The first-order valence-electron chi connectivity index (χ1n) is 4.88. The molecule has 0 bridgehead atoms. The molecule has 14 heavy (non-hydrogen) atoms. The summed E-state index contributed by atoms with van der Waals surface area (Å²) in [5.74, 6) is -0.758. The zero-order chi connectivity index (χ0) is 10.6. The third-order valence-corrected chi connectivity index (χ3v) is 2.43. The van der Waals surface area contributed by atoms with Gasteiger partial charge in [0.15, 0.2) is 0 Å². The Bertz CT molecular complexity index is 230. The number of amides is 2. The number of hydrogen-bond acceptors (Lipinski definition) is 2. The summed E-state index contributed by atoms with van der Waals surface area (Å²) in [6.07, 6.45) is 2.56. The van der Waals surface area contributed by atoms with Crippen molar-refractivity contribution in [2.24, 2.45) is 0 Å². The van der Waals surface area contributed by atoms with E-state index in [1.165, 1.54) is 0 Å². The van der Waals surface area contributed by atoms with Crippen LogP contribution in [0, 0.1) is 0 Å². The van der Waals surface area contributed by atoms with Gasteiger partial charge in [0.25, 0.3) is 0 Å². The lowest BCUT2D eigenvalue weighted by Gasteiger charge is -2.12. The molecule has 0 aromatic rings. The van der Waals surface area contributed by atoms with Crippen LogP contribution in [0.3, 0.4) is 0 Å². The minimum atomic E-state index is -0.758. The van der Waals surface area contributed by atoms with Crippen LogP contribution in [0.4, 0.5) is 4.79 Å². The predicted molar refractivity (Wildman–Crippen MR) is 51.0 cm³/mol. The average molecular weight is 200 g/mol. The Morgan fingerprint density at radius 1 is 1.43 bits per heavy atom. The predicted octanol–water partition coefficient (Wildman–Crippen LogP) is 0.701. The Morgan fingerprint density at radius 2 is 2.14 bits per heavy atom. The molecule has 0 saturated carbocycles. The van der Waals surface area contributed by atoms with E-state index in [4.69, 9.17) is 5.11 Å². The van der Waals surface area contributed by atoms with Crippen molar-refractivity contribution in [1.29, 1.82) is 0 Å². The number of aliphatic carboxylic acids is 1. The summed E-state index contributed by atoms with van der Waals surface area (Å²) in [6.45, 7) is 1.94. The topological polar surface area (TPSA) is 78.4 Å². The second-order valence-corrected chi connectivity index (χ2v) is 3.65. The van der Waals surface area contributed by atoms with Gasteiger partial charge in [-0.25, -0.2) is 4.79 Å². The minimum Gasteiger partial charge on any atom is -0.481 e. The lowest BCUT2D eigenvalue weighted by Crippen LogP contribution is -2.30. The second-order valence-electron chi connectivity index (χ2n) is 3.65. The normalized spacial score (nSPS) is 25.6. The van der Waals surface area contributed by atoms with Gasteiger partial charge in [-0.3, -0.25) is 4.79 Å². The fourth-order valence-electron chi connectivity index (χ4n) is 1.61. The molecule has 1 aliphatic heterocycles. The zero-order valence-corrected chi connectivity index (χ0v) is 8.25. The van der Waals surface area contributed by atoms with Crippen molar-refractivity contribution in [2.75, 3.05) is 0 Å². The van der Waals surface area contributed by atoms with Crippen LogP contribution >= 0.6 is 0 Å². The highest BCUT2D eigenvalue weighted by Crippen LogP contribution is 2.10. The van der Waals surface area contributed by atoms with E-state index in [0.717, 1.165) is 12.8 Å². The number of hydrogen-bond donors (Lipinski definition) is 3. The lowest BCUT2D eigenvalue weighted by atomic mass is 10.0. The molecule has 2 atom stereocenters. The molecule has 1 fully saturated rings. The van der Waals surface area contributed by atoms with Crippen molar-refractivity contribution in [2.45, 2.75) is 44.7 Å². The van der Waals surface area contributed by atoms with Gasteiger partial charge in [-0.15, -0.1) is 0 Å². The van der Waals surface area contributed by atoms with E-state index in [2.05, 4.69) is 10.6 Å². The summed E-state index contributed by atoms with van der Waals surface area (Å²) in [6, 6.07) is 0.171. The van der Waals surface area contributed by atoms with E-state index in [1.54, 1.807) is 0 Å². The summed E-state index contributed by atoms with van der Waals surface area (Å²) in [5, 5.41) is 14.0. The molecule has 0 aromatic heterocycles. The van der Waals surface area contributed by atoms with Gasteiger partial charge in [0.05, 0.1) is 6.04 Å². The number of unbranched alkanes of at least 4 members (excludes halogenated alkanes) is 1. The maximum absolute atomic E-state index is 10.9. The highest BCUT2D eigenvalue weighted by Gasteiger charge is 2.26. The molecule has 2 amide bonds. The Morgan fingerprint density at radius 3 is 2.64 bits per heavy atom. The van der Waals surface area contributed by atoms with Gasteiger partial charge in [-0.05, 0) is 19.8 Å². The Kier molecular flexibility index (Phi) is 3.73. The minimum absolute atomic E-state index is 0.124. The molecular formula is C9H16N2O3. The maximum Gasteiger partial charge on any atom is 0.315 e. The first-order valence-corrected chi connectivity index (χ1v) is 4.88. The number of carbonyl (C=O) groups is 2. The molecule has 1 saturated heterocycles. The number of carboxylic acid groups (broad SMARTS) is 1. The molecule has 80 valence electrons. The Hall–Kier alpha value is -1.26. The molecule has 0 spiro atoms. The molecule has 1 rings (SSSR count). The fraction of sp³-hybridized carbons (Fsp3) is 0.778. The largest absolute Gasteiger partial charge is 0.481 e. The van der Waals surface area contributed by atoms with Gasteiger partial charge in [0, 0.05) is 12.5 Å². The van der Waals surface area contributed by atoms with Gasteiger partial charge in [0.2, 0.25) is 0 Å². The van der Waals surface area contributed by atoms with Crippen LogP contribution in [0.2, 0.25) is 0 Å². The second kappa shape index (κ2) is 4.83. The highest BCUT2D eigenvalue weighted by molar-refractivity contribution is 5.77. The van der Waals surface area contributed by atoms with E-state index in [0.29, 0.717) is 6.42 Å². The Balaban J connectivity index is 2.12. The number of urea groups is 1. The number of nitrogens with one attached hydrogen (secondary N) is 2. The van der Waals surface area contributed by atoms with E-state index >= 15 is 0 Å². The van der Waals surface area contributed by atoms with Crippen molar-refractivity contribution in [1.82, 2.24) is 10.6 Å². The molecule has 0 aromatic carbocycles. The standard InChI is InChI=1S/C9H16N2O3/c1-6-7(11-9(14)10-6)4-2-3-5-8(12)13/h6-7H,2-5H2,1H3,(H,12,13)(H2,10,11,14)/t6-,7-/m1/s1. The summed E-state index contributed by atoms with van der Waals surface area (Å²) in [7, 11) is 0. The van der Waals surface area contributed by atoms with Crippen LogP contribution in [0.5, 0.6) is 0 Å². The lowest BCUT2D eigenvalue weighted by molar-refractivity contribution is -0.137. The van der Waals surface area contributed by atoms with Crippen molar-refractivity contribution in [3.63, 3.8) is 0 Å². The first-order chi connectivity index (χ1) is 6.59. The molecule has 5 nitrogen and oxygen atoms in total. The van der Waals surface area contributed by atoms with Crippen LogP contribution in [0.1, 0.15) is 32.6 Å². The van der Waals surface area contributed by atoms with Crippen molar-refractivity contribution in [3.05, 3.63) is 0 Å². The van der Waals surface area contributed by atoms with Crippen molar-refractivity contribution in [3.8, 4) is 0 Å². The summed E-state index contributed by atoms with van der Waals surface area (Å²) < 4.78 is 0. The molecule has 1 heterocycles. The van der Waals surface area contributed by atoms with Gasteiger partial charge < -0.3 is 15.7 Å². The molecular weight excluding hydrogens is 184 g/mol. The average Bonchev–Trinajstić information content (AvgIpc) is 2.39. The van der Waals surface area contributed by atoms with E-state index < -0.39 is 5.97 Å². The quantitative estimate of drug-likeness (QED) is 0.572. The molecule has 3 N–H and O–H groups in total. The summed E-state index contributed by atoms with van der Waals surface area (Å²) in [5.41, 5.74) is 0. The molecule has 0 radical (unpaired) electrons. The van der Waals surface area contributed by atoms with Crippen LogP contribution in [-0.2, 0) is 4.79 Å². The smallest absolute Gasteiger partial charge is 0.315 e. The van der Waals surface area contributed by atoms with Crippen LogP contribution in [-0.4, -0.2) is 29.2 Å². The van der Waals surface area contributed by atoms with Gasteiger partial charge in [-0.2, -0.15) is 0 Å². The molecule has 0 aliphatic carbocycles. The van der Waals surface area contributed by atoms with Crippen LogP contribution in [0.25, 0.3) is 0 Å². The monoisotopic (exact) mass is 200 g/mol.